The number of benzene rings is 1. The minimum atomic E-state index is -4.47. The Hall–Kier alpha value is -3.30. The van der Waals surface area contributed by atoms with Gasteiger partial charge in [-0.1, -0.05) is 50.3 Å². The van der Waals surface area contributed by atoms with Gasteiger partial charge in [-0.05, 0) is 42.5 Å². The Balaban J connectivity index is 1.83. The molecular formula is C27H32F4N4O2. The number of carbonyl (C=O) groups excluding carboxylic acids is 1. The number of hydrogen-bond donors (Lipinski definition) is 0. The van der Waals surface area contributed by atoms with Crippen LogP contribution in [0, 0.1) is 0 Å². The Morgan fingerprint density at radius 1 is 1.00 bits per heavy atom. The second-order valence-electron chi connectivity index (χ2n) is 10.8. The van der Waals surface area contributed by atoms with E-state index in [4.69, 9.17) is 4.74 Å². The summed E-state index contributed by atoms with van der Waals surface area (Å²) in [5.74, 6) is -0.749. The largest absolute Gasteiger partial charge is 0.483 e. The molecule has 0 aliphatic rings. The fourth-order valence-corrected chi connectivity index (χ4v) is 3.65. The molecule has 0 radical (unpaired) electrons. The molecule has 0 unspecified atom stereocenters. The SMILES string of the molecule is CC(C)(C)c1ccc(CC(=O)C[C@@H](c2ccc(OCC(F)(F)F)cn2)c2cn(C(C)(C)CF)nn2)cc1. The third-order valence-corrected chi connectivity index (χ3v) is 5.99. The summed E-state index contributed by atoms with van der Waals surface area (Å²) in [4.78, 5) is 17.3. The summed E-state index contributed by atoms with van der Waals surface area (Å²) in [5.41, 5.74) is 1.91. The molecule has 0 aliphatic heterocycles. The molecule has 0 saturated carbocycles. The van der Waals surface area contributed by atoms with E-state index >= 15 is 0 Å². The second-order valence-corrected chi connectivity index (χ2v) is 10.8. The van der Waals surface area contributed by atoms with Gasteiger partial charge in [0, 0.05) is 19.0 Å². The quantitative estimate of drug-likeness (QED) is 0.309. The van der Waals surface area contributed by atoms with Crippen molar-refractivity contribution in [2.45, 2.75) is 70.5 Å². The van der Waals surface area contributed by atoms with Crippen molar-refractivity contribution >= 4 is 5.78 Å². The maximum atomic E-state index is 13.5. The highest BCUT2D eigenvalue weighted by molar-refractivity contribution is 5.82. The van der Waals surface area contributed by atoms with Crippen LogP contribution in [0.4, 0.5) is 17.6 Å². The van der Waals surface area contributed by atoms with Crippen LogP contribution in [0.1, 0.15) is 69.5 Å². The Morgan fingerprint density at radius 3 is 2.22 bits per heavy atom. The van der Waals surface area contributed by atoms with Gasteiger partial charge in [-0.25, -0.2) is 9.07 Å². The molecule has 3 aromatic rings. The average molecular weight is 521 g/mol. The van der Waals surface area contributed by atoms with Gasteiger partial charge in [0.2, 0.25) is 0 Å². The van der Waals surface area contributed by atoms with E-state index in [0.717, 1.165) is 11.1 Å². The van der Waals surface area contributed by atoms with Gasteiger partial charge in [0.05, 0.1) is 29.0 Å². The van der Waals surface area contributed by atoms with Crippen molar-refractivity contribution in [1.29, 1.82) is 0 Å². The Bertz CT molecular complexity index is 1180. The lowest BCUT2D eigenvalue weighted by atomic mass is 9.86. The fourth-order valence-electron chi connectivity index (χ4n) is 3.65. The van der Waals surface area contributed by atoms with Crippen molar-refractivity contribution in [3.8, 4) is 5.75 Å². The predicted octanol–water partition coefficient (Wildman–Crippen LogP) is 5.95. The monoisotopic (exact) mass is 520 g/mol. The van der Waals surface area contributed by atoms with Crippen LogP contribution >= 0.6 is 0 Å². The van der Waals surface area contributed by atoms with Gasteiger partial charge >= 0.3 is 6.18 Å². The van der Waals surface area contributed by atoms with Gasteiger partial charge < -0.3 is 4.74 Å². The highest BCUT2D eigenvalue weighted by Gasteiger charge is 2.29. The molecule has 0 N–H and O–H groups in total. The average Bonchev–Trinajstić information content (AvgIpc) is 3.32. The maximum absolute atomic E-state index is 13.5. The Labute approximate surface area is 214 Å². The van der Waals surface area contributed by atoms with Crippen LogP contribution in [0.5, 0.6) is 5.75 Å². The minimum Gasteiger partial charge on any atom is -0.483 e. The number of aromatic nitrogens is 4. The molecule has 2 heterocycles. The van der Waals surface area contributed by atoms with E-state index in [1.54, 1.807) is 20.0 Å². The van der Waals surface area contributed by atoms with Crippen LogP contribution in [0.25, 0.3) is 0 Å². The Morgan fingerprint density at radius 2 is 1.68 bits per heavy atom. The first-order valence-corrected chi connectivity index (χ1v) is 11.9. The molecule has 10 heteroatoms. The van der Waals surface area contributed by atoms with Crippen molar-refractivity contribution < 1.29 is 27.1 Å². The van der Waals surface area contributed by atoms with Crippen molar-refractivity contribution in [3.05, 3.63) is 71.3 Å². The maximum Gasteiger partial charge on any atom is 0.422 e. The zero-order chi connectivity index (χ0) is 27.4. The fraction of sp³-hybridized carbons (Fsp3) is 0.481. The lowest BCUT2D eigenvalue weighted by Crippen LogP contribution is -2.29. The van der Waals surface area contributed by atoms with Crippen LogP contribution in [-0.2, 0) is 22.2 Å². The molecule has 0 bridgehead atoms. The number of hydrogen-bond acceptors (Lipinski definition) is 5. The molecule has 1 atom stereocenters. The molecule has 2 aromatic heterocycles. The summed E-state index contributed by atoms with van der Waals surface area (Å²) in [7, 11) is 0. The van der Waals surface area contributed by atoms with E-state index in [2.05, 4.69) is 36.1 Å². The summed E-state index contributed by atoms with van der Waals surface area (Å²) in [5, 5.41) is 8.21. The van der Waals surface area contributed by atoms with Crippen molar-refractivity contribution in [2.75, 3.05) is 13.3 Å². The highest BCUT2D eigenvalue weighted by Crippen LogP contribution is 2.29. The predicted molar refractivity (Wildman–Crippen MR) is 131 cm³/mol. The number of alkyl halides is 4. The minimum absolute atomic E-state index is 0.00546. The summed E-state index contributed by atoms with van der Waals surface area (Å²) in [6.45, 7) is 7.56. The number of halogens is 4. The number of rotatable bonds is 10. The molecule has 0 aliphatic carbocycles. The standard InChI is InChI=1S/C27H32F4N4O2/c1-25(2,3)19-8-6-18(7-9-19)12-20(36)13-22(24-15-35(34-33-24)26(4,5)16-28)23-11-10-21(14-32-23)37-17-27(29,30)31/h6-11,14-15,22H,12-13,16-17H2,1-5H3/t22-/m0/s1. The number of ether oxygens (including phenoxy) is 1. The van der Waals surface area contributed by atoms with E-state index in [9.17, 15) is 22.4 Å². The third kappa shape index (κ3) is 7.84. The van der Waals surface area contributed by atoms with Crippen molar-refractivity contribution in [1.82, 2.24) is 20.0 Å². The smallest absolute Gasteiger partial charge is 0.422 e. The lowest BCUT2D eigenvalue weighted by molar-refractivity contribution is -0.153. The van der Waals surface area contributed by atoms with Crippen LogP contribution < -0.4 is 4.74 Å². The highest BCUT2D eigenvalue weighted by atomic mass is 19.4. The zero-order valence-electron chi connectivity index (χ0n) is 21.6. The van der Waals surface area contributed by atoms with E-state index in [-0.39, 0.29) is 29.8 Å². The molecule has 6 nitrogen and oxygen atoms in total. The molecule has 1 aromatic carbocycles. The van der Waals surface area contributed by atoms with E-state index < -0.39 is 30.9 Å². The van der Waals surface area contributed by atoms with Crippen LogP contribution in [-0.4, -0.2) is 45.2 Å². The van der Waals surface area contributed by atoms with E-state index in [1.165, 1.54) is 23.0 Å². The normalized spacial score (nSPS) is 13.4. The first kappa shape index (κ1) is 28.3. The van der Waals surface area contributed by atoms with Crippen molar-refractivity contribution in [3.63, 3.8) is 0 Å². The summed E-state index contributed by atoms with van der Waals surface area (Å²) < 4.78 is 57.1. The first-order valence-electron chi connectivity index (χ1n) is 11.9. The van der Waals surface area contributed by atoms with E-state index in [1.807, 2.05) is 24.3 Å². The topological polar surface area (TPSA) is 69.9 Å². The van der Waals surface area contributed by atoms with Gasteiger partial charge in [-0.2, -0.15) is 13.2 Å². The molecule has 0 saturated heterocycles. The lowest BCUT2D eigenvalue weighted by Gasteiger charge is -2.20. The first-order chi connectivity index (χ1) is 17.2. The number of pyridine rings is 1. The number of Topliss-reactive ketones (excluding diaryl/α,β-unsaturated/α-hetero) is 1. The number of ketones is 1. The van der Waals surface area contributed by atoms with Crippen LogP contribution in [0.2, 0.25) is 0 Å². The molecular weight excluding hydrogens is 488 g/mol. The molecule has 3 rings (SSSR count). The van der Waals surface area contributed by atoms with Crippen LogP contribution in [0.3, 0.4) is 0 Å². The van der Waals surface area contributed by atoms with Gasteiger partial charge in [0.25, 0.3) is 0 Å². The summed E-state index contributed by atoms with van der Waals surface area (Å²) >= 11 is 0. The van der Waals surface area contributed by atoms with E-state index in [0.29, 0.717) is 11.4 Å². The number of carbonyl (C=O) groups is 1. The van der Waals surface area contributed by atoms with Crippen molar-refractivity contribution in [2.24, 2.45) is 0 Å². The summed E-state index contributed by atoms with van der Waals surface area (Å²) in [6, 6.07) is 10.7. The zero-order valence-corrected chi connectivity index (χ0v) is 21.6. The van der Waals surface area contributed by atoms with Gasteiger partial charge in [0.15, 0.2) is 6.61 Å². The van der Waals surface area contributed by atoms with Gasteiger partial charge in [0.1, 0.15) is 18.2 Å². The van der Waals surface area contributed by atoms with Gasteiger partial charge in [-0.3, -0.25) is 9.78 Å². The Kier molecular flexibility index (Phi) is 8.39. The molecule has 0 amide bonds. The molecule has 0 fully saturated rings. The molecule has 37 heavy (non-hydrogen) atoms. The third-order valence-electron chi connectivity index (χ3n) is 5.99. The van der Waals surface area contributed by atoms with Gasteiger partial charge in [-0.15, -0.1) is 5.10 Å². The number of nitrogens with zero attached hydrogens (tertiary/aromatic N) is 4. The molecule has 200 valence electrons. The van der Waals surface area contributed by atoms with Crippen LogP contribution in [0.15, 0.2) is 48.8 Å². The summed E-state index contributed by atoms with van der Waals surface area (Å²) in [6.07, 6.45) is -1.49. The second kappa shape index (κ2) is 11.0. The molecule has 0 spiro atoms.